The number of nitrogens with one attached hydrogen (secondary N) is 1. The summed E-state index contributed by atoms with van der Waals surface area (Å²) in [6, 6.07) is 1.07. The molecule has 1 aliphatic heterocycles. The van der Waals surface area contributed by atoms with Gasteiger partial charge in [0, 0.05) is 26.2 Å². The Hall–Kier alpha value is -2.29. The molecule has 1 aromatic rings. The van der Waals surface area contributed by atoms with Gasteiger partial charge in [0.15, 0.2) is 0 Å². The van der Waals surface area contributed by atoms with Crippen molar-refractivity contribution in [3.8, 4) is 0 Å². The van der Waals surface area contributed by atoms with Crippen LogP contribution in [0.3, 0.4) is 0 Å². The van der Waals surface area contributed by atoms with Crippen LogP contribution >= 0.6 is 11.3 Å². The van der Waals surface area contributed by atoms with Crippen LogP contribution in [0.2, 0.25) is 0 Å². The van der Waals surface area contributed by atoms with Crippen LogP contribution in [0.15, 0.2) is 11.4 Å². The van der Waals surface area contributed by atoms with Gasteiger partial charge in [0.2, 0.25) is 0 Å². The number of aromatic carboxylic acids is 1. The third-order valence-electron chi connectivity index (χ3n) is 3.12. The van der Waals surface area contributed by atoms with E-state index in [1.807, 2.05) is 0 Å². The topological polar surface area (TPSA) is 99.2 Å². The first-order chi connectivity index (χ1) is 10.0. The van der Waals surface area contributed by atoms with E-state index in [0.717, 1.165) is 11.3 Å². The van der Waals surface area contributed by atoms with E-state index in [1.54, 1.807) is 5.38 Å². The van der Waals surface area contributed by atoms with Gasteiger partial charge in [-0.25, -0.2) is 14.4 Å². The quantitative estimate of drug-likeness (QED) is 0.859. The summed E-state index contributed by atoms with van der Waals surface area (Å²) in [4.78, 5) is 37.4. The lowest BCUT2D eigenvalue weighted by molar-refractivity contribution is 0.0698. The SMILES string of the molecule is COC(=O)N1CCN(C(=O)Nc2sccc2C(=O)O)CC1. The van der Waals surface area contributed by atoms with E-state index in [1.165, 1.54) is 23.0 Å². The van der Waals surface area contributed by atoms with Crippen LogP contribution in [-0.4, -0.2) is 66.3 Å². The Balaban J connectivity index is 1.92. The van der Waals surface area contributed by atoms with Crippen LogP contribution in [0.5, 0.6) is 0 Å². The standard InChI is InChI=1S/C12H15N3O5S/c1-20-12(19)15-5-3-14(4-6-15)11(18)13-9-8(10(16)17)2-7-21-9/h2,7H,3-6H2,1H3,(H,13,18)(H,16,17). The number of piperazine rings is 1. The van der Waals surface area contributed by atoms with Crippen LogP contribution in [0.1, 0.15) is 10.4 Å². The second kappa shape index (κ2) is 6.44. The highest BCUT2D eigenvalue weighted by molar-refractivity contribution is 7.14. The van der Waals surface area contributed by atoms with E-state index in [-0.39, 0.29) is 11.6 Å². The van der Waals surface area contributed by atoms with Gasteiger partial charge in [-0.1, -0.05) is 0 Å². The predicted molar refractivity (Wildman–Crippen MR) is 75.8 cm³/mol. The summed E-state index contributed by atoms with van der Waals surface area (Å²) < 4.78 is 4.62. The number of ether oxygens (including phenoxy) is 1. The van der Waals surface area contributed by atoms with Gasteiger partial charge in [-0.05, 0) is 11.4 Å². The van der Waals surface area contributed by atoms with E-state index in [2.05, 4.69) is 10.1 Å². The highest BCUT2D eigenvalue weighted by Gasteiger charge is 2.25. The molecular formula is C12H15N3O5S. The van der Waals surface area contributed by atoms with Crippen molar-refractivity contribution in [2.45, 2.75) is 0 Å². The van der Waals surface area contributed by atoms with E-state index in [0.29, 0.717) is 31.2 Å². The van der Waals surface area contributed by atoms with Crippen molar-refractivity contribution >= 4 is 34.4 Å². The molecule has 0 aliphatic carbocycles. The van der Waals surface area contributed by atoms with Crippen molar-refractivity contribution in [2.24, 2.45) is 0 Å². The number of amides is 3. The monoisotopic (exact) mass is 313 g/mol. The molecule has 0 bridgehead atoms. The van der Waals surface area contributed by atoms with Crippen LogP contribution < -0.4 is 5.32 Å². The van der Waals surface area contributed by atoms with Crippen molar-refractivity contribution < 1.29 is 24.2 Å². The molecule has 2 rings (SSSR count). The van der Waals surface area contributed by atoms with Gasteiger partial charge in [0.25, 0.3) is 0 Å². The van der Waals surface area contributed by atoms with Crippen molar-refractivity contribution in [1.82, 2.24) is 9.80 Å². The van der Waals surface area contributed by atoms with Crippen LogP contribution in [0.4, 0.5) is 14.6 Å². The van der Waals surface area contributed by atoms with Gasteiger partial charge in [-0.3, -0.25) is 5.32 Å². The number of carbonyl (C=O) groups is 3. The fourth-order valence-electron chi connectivity index (χ4n) is 1.97. The molecule has 1 aromatic heterocycles. The Morgan fingerprint density at radius 3 is 2.43 bits per heavy atom. The highest BCUT2D eigenvalue weighted by atomic mass is 32.1. The van der Waals surface area contributed by atoms with Gasteiger partial charge >= 0.3 is 18.1 Å². The summed E-state index contributed by atoms with van der Waals surface area (Å²) in [5.41, 5.74) is 0.0709. The minimum atomic E-state index is -1.08. The number of hydrogen-bond acceptors (Lipinski definition) is 5. The maximum absolute atomic E-state index is 12.1. The number of anilines is 1. The Morgan fingerprint density at radius 1 is 1.24 bits per heavy atom. The summed E-state index contributed by atoms with van der Waals surface area (Å²) in [5.74, 6) is -1.08. The normalized spacial score (nSPS) is 14.7. The van der Waals surface area contributed by atoms with Gasteiger partial charge in [-0.15, -0.1) is 11.3 Å². The van der Waals surface area contributed by atoms with E-state index >= 15 is 0 Å². The second-order valence-electron chi connectivity index (χ2n) is 4.34. The molecule has 0 aromatic carbocycles. The molecule has 1 saturated heterocycles. The number of rotatable bonds is 2. The van der Waals surface area contributed by atoms with Crippen LogP contribution in [0.25, 0.3) is 0 Å². The number of methoxy groups -OCH3 is 1. The Bertz CT molecular complexity index is 551. The molecule has 2 heterocycles. The largest absolute Gasteiger partial charge is 0.478 e. The molecule has 3 amide bonds. The molecule has 0 atom stereocenters. The Morgan fingerprint density at radius 2 is 1.86 bits per heavy atom. The smallest absolute Gasteiger partial charge is 0.409 e. The summed E-state index contributed by atoms with van der Waals surface area (Å²) in [6.45, 7) is 1.51. The van der Waals surface area contributed by atoms with Crippen LogP contribution in [-0.2, 0) is 4.74 Å². The fraction of sp³-hybridized carbons (Fsp3) is 0.417. The minimum Gasteiger partial charge on any atom is -0.478 e. The van der Waals surface area contributed by atoms with E-state index < -0.39 is 12.1 Å². The Kier molecular flexibility index (Phi) is 4.63. The number of hydrogen-bond donors (Lipinski definition) is 2. The zero-order valence-electron chi connectivity index (χ0n) is 11.4. The molecule has 0 unspecified atom stereocenters. The third kappa shape index (κ3) is 3.43. The number of carbonyl (C=O) groups excluding carboxylic acids is 2. The number of urea groups is 1. The van der Waals surface area contributed by atoms with Crippen molar-refractivity contribution in [1.29, 1.82) is 0 Å². The van der Waals surface area contributed by atoms with Gasteiger partial charge in [0.1, 0.15) is 5.00 Å². The molecule has 1 aliphatic rings. The molecule has 0 radical (unpaired) electrons. The van der Waals surface area contributed by atoms with Gasteiger partial charge < -0.3 is 19.6 Å². The molecule has 0 saturated carbocycles. The minimum absolute atomic E-state index is 0.0709. The lowest BCUT2D eigenvalue weighted by Gasteiger charge is -2.33. The van der Waals surface area contributed by atoms with E-state index in [9.17, 15) is 14.4 Å². The molecule has 8 nitrogen and oxygen atoms in total. The predicted octanol–water partition coefficient (Wildman–Crippen LogP) is 1.36. The first kappa shape index (κ1) is 15.1. The molecule has 2 N–H and O–H groups in total. The van der Waals surface area contributed by atoms with Crippen molar-refractivity contribution in [2.75, 3.05) is 38.6 Å². The number of carboxylic acid groups (broad SMARTS) is 1. The highest BCUT2D eigenvalue weighted by Crippen LogP contribution is 2.23. The zero-order valence-corrected chi connectivity index (χ0v) is 12.2. The average molecular weight is 313 g/mol. The van der Waals surface area contributed by atoms with Crippen LogP contribution in [0, 0.1) is 0 Å². The summed E-state index contributed by atoms with van der Waals surface area (Å²) >= 11 is 1.16. The molecule has 114 valence electrons. The number of carboxylic acids is 1. The third-order valence-corrected chi connectivity index (χ3v) is 3.95. The van der Waals surface area contributed by atoms with Crippen molar-refractivity contribution in [3.05, 3.63) is 17.0 Å². The average Bonchev–Trinajstić information content (AvgIpc) is 2.95. The Labute approximate surface area is 124 Å². The van der Waals surface area contributed by atoms with Gasteiger partial charge in [-0.2, -0.15) is 0 Å². The number of thiophene rings is 1. The van der Waals surface area contributed by atoms with E-state index in [4.69, 9.17) is 5.11 Å². The van der Waals surface area contributed by atoms with Gasteiger partial charge in [0.05, 0.1) is 12.7 Å². The molecule has 0 spiro atoms. The lowest BCUT2D eigenvalue weighted by Crippen LogP contribution is -2.51. The summed E-state index contributed by atoms with van der Waals surface area (Å²) in [5, 5.41) is 13.5. The summed E-state index contributed by atoms with van der Waals surface area (Å²) in [6.07, 6.45) is -0.415. The maximum Gasteiger partial charge on any atom is 0.409 e. The zero-order chi connectivity index (χ0) is 15.4. The molecule has 21 heavy (non-hydrogen) atoms. The number of nitrogens with zero attached hydrogens (tertiary/aromatic N) is 2. The van der Waals surface area contributed by atoms with Crippen molar-refractivity contribution in [3.63, 3.8) is 0 Å². The lowest BCUT2D eigenvalue weighted by atomic mass is 10.3. The first-order valence-corrected chi connectivity index (χ1v) is 7.10. The molecular weight excluding hydrogens is 298 g/mol. The first-order valence-electron chi connectivity index (χ1n) is 6.22. The second-order valence-corrected chi connectivity index (χ2v) is 5.26. The maximum atomic E-state index is 12.1. The summed E-state index contributed by atoms with van der Waals surface area (Å²) in [7, 11) is 1.31. The fourth-order valence-corrected chi connectivity index (χ4v) is 2.74. The molecule has 1 fully saturated rings. The molecule has 9 heteroatoms.